The molecule has 0 spiro atoms. The average Bonchev–Trinajstić information content (AvgIpc) is 2.72. The smallest absolute Gasteiger partial charge is 0.247 e. The maximum Gasteiger partial charge on any atom is 0.247 e. The Hall–Kier alpha value is -2.74. The van der Waals surface area contributed by atoms with Crippen LogP contribution in [0, 0.1) is 0 Å². The van der Waals surface area contributed by atoms with Gasteiger partial charge in [-0.2, -0.15) is 0 Å². The van der Waals surface area contributed by atoms with Gasteiger partial charge in [0.25, 0.3) is 0 Å². The lowest BCUT2D eigenvalue weighted by atomic mass is 10.2. The van der Waals surface area contributed by atoms with E-state index in [0.717, 1.165) is 10.6 Å². The van der Waals surface area contributed by atoms with Gasteiger partial charge in [0, 0.05) is 5.69 Å². The lowest BCUT2D eigenvalue weighted by Crippen LogP contribution is -2.45. The van der Waals surface area contributed by atoms with E-state index >= 15 is 0 Å². The molecule has 1 atom stereocenters. The van der Waals surface area contributed by atoms with E-state index in [4.69, 9.17) is 27.9 Å². The number of nitrogens with one attached hydrogen (secondary N) is 1. The lowest BCUT2D eigenvalue weighted by molar-refractivity contribution is -0.116. The number of ether oxygens (including phenoxy) is 1. The highest BCUT2D eigenvalue weighted by Gasteiger charge is 2.29. The van der Waals surface area contributed by atoms with Crippen LogP contribution in [0.5, 0.6) is 11.5 Å². The van der Waals surface area contributed by atoms with Crippen molar-refractivity contribution in [3.63, 3.8) is 0 Å². The summed E-state index contributed by atoms with van der Waals surface area (Å²) in [7, 11) is -3.76. The minimum atomic E-state index is -3.76. The molecule has 31 heavy (non-hydrogen) atoms. The maximum atomic E-state index is 12.8. The van der Waals surface area contributed by atoms with Gasteiger partial charge in [-0.15, -0.1) is 0 Å². The van der Waals surface area contributed by atoms with Gasteiger partial charge in [0.2, 0.25) is 15.9 Å². The Kier molecular flexibility index (Phi) is 7.10. The molecule has 3 rings (SSSR count). The first kappa shape index (κ1) is 22.9. The van der Waals surface area contributed by atoms with Crippen LogP contribution in [0.4, 0.5) is 11.4 Å². The molecular formula is C22H20Cl2N2O4S. The van der Waals surface area contributed by atoms with Crippen LogP contribution in [-0.4, -0.2) is 26.6 Å². The number of halogens is 2. The van der Waals surface area contributed by atoms with Crippen molar-refractivity contribution >= 4 is 50.5 Å². The summed E-state index contributed by atoms with van der Waals surface area (Å²) in [4.78, 5) is 12.8. The highest BCUT2D eigenvalue weighted by Crippen LogP contribution is 2.28. The summed E-state index contributed by atoms with van der Waals surface area (Å²) < 4.78 is 31.7. The van der Waals surface area contributed by atoms with Gasteiger partial charge in [-0.3, -0.25) is 9.10 Å². The first-order valence-electron chi connectivity index (χ1n) is 9.23. The molecule has 3 aromatic rings. The Bertz CT molecular complexity index is 1170. The molecular weight excluding hydrogens is 459 g/mol. The van der Waals surface area contributed by atoms with Crippen LogP contribution in [0.2, 0.25) is 10.0 Å². The second-order valence-corrected chi connectivity index (χ2v) is 9.44. The molecule has 1 amide bonds. The highest BCUT2D eigenvalue weighted by atomic mass is 35.5. The molecule has 0 aliphatic heterocycles. The molecule has 0 fully saturated rings. The van der Waals surface area contributed by atoms with Gasteiger partial charge in [-0.1, -0.05) is 41.4 Å². The number of para-hydroxylation sites is 1. The van der Waals surface area contributed by atoms with Crippen LogP contribution >= 0.6 is 23.2 Å². The van der Waals surface area contributed by atoms with Gasteiger partial charge in [0.05, 0.1) is 22.0 Å². The summed E-state index contributed by atoms with van der Waals surface area (Å²) in [6.07, 6.45) is 1.05. The van der Waals surface area contributed by atoms with Crippen LogP contribution in [0.25, 0.3) is 0 Å². The van der Waals surface area contributed by atoms with Crippen molar-refractivity contribution in [1.82, 2.24) is 0 Å². The van der Waals surface area contributed by atoms with Gasteiger partial charge < -0.3 is 10.1 Å². The topological polar surface area (TPSA) is 75.7 Å². The fourth-order valence-corrected chi connectivity index (χ4v) is 4.39. The summed E-state index contributed by atoms with van der Waals surface area (Å²) >= 11 is 11.9. The van der Waals surface area contributed by atoms with Crippen LogP contribution in [0.15, 0.2) is 72.8 Å². The Morgan fingerprint density at radius 1 is 0.935 bits per heavy atom. The van der Waals surface area contributed by atoms with Crippen molar-refractivity contribution < 1.29 is 17.9 Å². The van der Waals surface area contributed by atoms with Crippen LogP contribution in [-0.2, 0) is 14.8 Å². The summed E-state index contributed by atoms with van der Waals surface area (Å²) in [5.41, 5.74) is 0.742. The predicted octanol–water partition coefficient (Wildman–Crippen LogP) is 5.58. The molecule has 0 aromatic heterocycles. The number of benzene rings is 3. The van der Waals surface area contributed by atoms with Crippen molar-refractivity contribution in [1.29, 1.82) is 0 Å². The van der Waals surface area contributed by atoms with E-state index in [2.05, 4.69) is 5.32 Å². The van der Waals surface area contributed by atoms with Crippen molar-refractivity contribution in [2.24, 2.45) is 0 Å². The van der Waals surface area contributed by atoms with E-state index < -0.39 is 22.0 Å². The number of nitrogens with zero attached hydrogens (tertiary/aromatic N) is 1. The van der Waals surface area contributed by atoms with Crippen LogP contribution < -0.4 is 14.4 Å². The van der Waals surface area contributed by atoms with E-state index in [0.29, 0.717) is 27.9 Å². The van der Waals surface area contributed by atoms with E-state index in [-0.39, 0.29) is 5.02 Å². The molecule has 0 heterocycles. The van der Waals surface area contributed by atoms with E-state index in [1.807, 2.05) is 30.3 Å². The second kappa shape index (κ2) is 9.60. The molecule has 0 unspecified atom stereocenters. The summed E-state index contributed by atoms with van der Waals surface area (Å²) in [6.45, 7) is 1.50. The zero-order valence-electron chi connectivity index (χ0n) is 16.7. The first-order chi connectivity index (χ1) is 14.6. The Morgan fingerprint density at radius 2 is 1.55 bits per heavy atom. The SMILES string of the molecule is C[C@H](C(=O)Nc1ccc(Cl)c(Cl)c1)N(c1ccc(Oc2ccccc2)cc1)S(C)(=O)=O. The minimum absolute atomic E-state index is 0.279. The summed E-state index contributed by atoms with van der Waals surface area (Å²) in [5, 5.41) is 3.29. The molecule has 0 aliphatic rings. The molecule has 9 heteroatoms. The standard InChI is InChI=1S/C22H20Cl2N2O4S/c1-15(22(27)25-16-8-13-20(23)21(24)14-16)26(31(2,28)29)17-9-11-19(12-10-17)30-18-6-4-3-5-7-18/h3-15H,1-2H3,(H,25,27)/t15-/m1/s1. The van der Waals surface area contributed by atoms with Crippen molar-refractivity contribution in [2.45, 2.75) is 13.0 Å². The third-order valence-electron chi connectivity index (χ3n) is 4.35. The number of carbonyl (C=O) groups excluding carboxylic acids is 1. The molecule has 0 saturated heterocycles. The van der Waals surface area contributed by atoms with Crippen molar-refractivity contribution in [2.75, 3.05) is 15.9 Å². The predicted molar refractivity (Wildman–Crippen MR) is 125 cm³/mol. The Balaban J connectivity index is 1.80. The summed E-state index contributed by atoms with van der Waals surface area (Å²) in [5.74, 6) is 0.675. The van der Waals surface area contributed by atoms with E-state index in [1.54, 1.807) is 36.4 Å². The average molecular weight is 479 g/mol. The Morgan fingerprint density at radius 3 is 2.13 bits per heavy atom. The summed E-state index contributed by atoms with van der Waals surface area (Å²) in [6, 6.07) is 19.3. The molecule has 0 aliphatic carbocycles. The van der Waals surface area contributed by atoms with Gasteiger partial charge in [0.1, 0.15) is 17.5 Å². The number of rotatable bonds is 7. The van der Waals surface area contributed by atoms with Gasteiger partial charge >= 0.3 is 0 Å². The second-order valence-electron chi connectivity index (χ2n) is 6.76. The molecule has 0 bridgehead atoms. The molecule has 0 radical (unpaired) electrons. The minimum Gasteiger partial charge on any atom is -0.457 e. The van der Waals surface area contributed by atoms with Gasteiger partial charge in [-0.25, -0.2) is 8.42 Å². The van der Waals surface area contributed by atoms with Crippen molar-refractivity contribution in [3.8, 4) is 11.5 Å². The monoisotopic (exact) mass is 478 g/mol. The Labute approximate surface area is 191 Å². The number of hydrogen-bond acceptors (Lipinski definition) is 4. The zero-order chi connectivity index (χ0) is 22.6. The highest BCUT2D eigenvalue weighted by molar-refractivity contribution is 7.92. The molecule has 3 aromatic carbocycles. The number of sulfonamides is 1. The fraction of sp³-hybridized carbons (Fsp3) is 0.136. The van der Waals surface area contributed by atoms with Crippen molar-refractivity contribution in [3.05, 3.63) is 82.8 Å². The van der Waals surface area contributed by atoms with Gasteiger partial charge in [-0.05, 0) is 61.5 Å². The first-order valence-corrected chi connectivity index (χ1v) is 11.8. The normalized spacial score (nSPS) is 12.1. The molecule has 0 saturated carbocycles. The molecule has 1 N–H and O–H groups in total. The zero-order valence-corrected chi connectivity index (χ0v) is 19.1. The largest absolute Gasteiger partial charge is 0.457 e. The number of amides is 1. The number of hydrogen-bond donors (Lipinski definition) is 1. The lowest BCUT2D eigenvalue weighted by Gasteiger charge is -2.28. The molecule has 162 valence electrons. The maximum absolute atomic E-state index is 12.8. The quantitative estimate of drug-likeness (QED) is 0.480. The van der Waals surface area contributed by atoms with E-state index in [9.17, 15) is 13.2 Å². The van der Waals surface area contributed by atoms with Gasteiger partial charge in [0.15, 0.2) is 0 Å². The molecule has 6 nitrogen and oxygen atoms in total. The van der Waals surface area contributed by atoms with Crippen LogP contribution in [0.3, 0.4) is 0 Å². The third-order valence-corrected chi connectivity index (χ3v) is 6.33. The van der Waals surface area contributed by atoms with Crippen LogP contribution in [0.1, 0.15) is 6.92 Å². The number of carbonyl (C=O) groups is 1. The van der Waals surface area contributed by atoms with E-state index in [1.165, 1.54) is 13.0 Å². The third kappa shape index (κ3) is 5.91. The fourth-order valence-electron chi connectivity index (χ4n) is 2.92. The number of anilines is 2.